The molecule has 14 heteroatoms. The monoisotopic (exact) mass is 513 g/mol. The van der Waals surface area contributed by atoms with Crippen LogP contribution in [-0.2, 0) is 9.53 Å². The molecule has 0 saturated carbocycles. The summed E-state index contributed by atoms with van der Waals surface area (Å²) >= 11 is 0. The first-order valence-corrected chi connectivity index (χ1v) is 11.0. The lowest BCUT2D eigenvalue weighted by atomic mass is 10.1. The fourth-order valence-electron chi connectivity index (χ4n) is 3.76. The molecule has 2 amide bonds. The van der Waals surface area contributed by atoms with Gasteiger partial charge in [0.1, 0.15) is 17.7 Å². The molecule has 0 spiro atoms. The van der Waals surface area contributed by atoms with Gasteiger partial charge in [0.25, 0.3) is 11.8 Å². The fraction of sp³-hybridized carbons (Fsp3) is 0.348. The number of anilines is 1. The summed E-state index contributed by atoms with van der Waals surface area (Å²) in [6.45, 7) is -0.0303. The standard InChI is InChI=1S/C23H24FN7O6/c1-26-21(34)18-16(32)17(33)23(37-18)31-10-27-15-19(25)28-14(29-20(15)31)5-4-8-30(2)22(35)11-6-7-13(36-3)12(24)9-11/h6-7,9-10,16-18,23,32-33H,8H2,1-3H3,(H,26,34)(H2,25,28,29)/t16?,17-,18+,23-/m1/s1. The van der Waals surface area contributed by atoms with Crippen molar-refractivity contribution in [3.8, 4) is 17.6 Å². The quantitative estimate of drug-likeness (QED) is 0.311. The number of amides is 2. The molecule has 5 N–H and O–H groups in total. The highest BCUT2D eigenvalue weighted by molar-refractivity contribution is 5.94. The zero-order valence-corrected chi connectivity index (χ0v) is 20.0. The van der Waals surface area contributed by atoms with E-state index >= 15 is 0 Å². The van der Waals surface area contributed by atoms with Gasteiger partial charge in [-0.3, -0.25) is 14.2 Å². The van der Waals surface area contributed by atoms with Crippen LogP contribution in [0.1, 0.15) is 22.4 Å². The molecule has 1 fully saturated rings. The van der Waals surface area contributed by atoms with Crippen LogP contribution in [0.5, 0.6) is 5.75 Å². The number of nitrogens with zero attached hydrogens (tertiary/aromatic N) is 5. The number of carbonyl (C=O) groups is 2. The van der Waals surface area contributed by atoms with Gasteiger partial charge in [0.05, 0.1) is 20.0 Å². The average molecular weight is 513 g/mol. The van der Waals surface area contributed by atoms with Crippen LogP contribution < -0.4 is 15.8 Å². The predicted molar refractivity (Wildman–Crippen MR) is 127 cm³/mol. The number of nitrogens with two attached hydrogens (primary N) is 1. The van der Waals surface area contributed by atoms with E-state index in [-0.39, 0.29) is 40.7 Å². The summed E-state index contributed by atoms with van der Waals surface area (Å²) in [5.41, 5.74) is 6.48. The number of hydrogen-bond donors (Lipinski definition) is 4. The minimum atomic E-state index is -1.48. The Kier molecular flexibility index (Phi) is 7.21. The third-order valence-corrected chi connectivity index (χ3v) is 5.73. The summed E-state index contributed by atoms with van der Waals surface area (Å²) < 4.78 is 25.7. The summed E-state index contributed by atoms with van der Waals surface area (Å²) in [6, 6.07) is 3.88. The van der Waals surface area contributed by atoms with Crippen LogP contribution in [0.3, 0.4) is 0 Å². The number of methoxy groups -OCH3 is 1. The van der Waals surface area contributed by atoms with Crippen LogP contribution in [0.25, 0.3) is 11.2 Å². The summed E-state index contributed by atoms with van der Waals surface area (Å²) in [4.78, 5) is 38.4. The molecule has 1 aliphatic heterocycles. The van der Waals surface area contributed by atoms with Crippen molar-refractivity contribution in [3.05, 3.63) is 41.7 Å². The van der Waals surface area contributed by atoms with E-state index in [4.69, 9.17) is 15.2 Å². The van der Waals surface area contributed by atoms with E-state index in [1.54, 1.807) is 0 Å². The molecule has 37 heavy (non-hydrogen) atoms. The Labute approximate surface area is 210 Å². The molecule has 194 valence electrons. The lowest BCUT2D eigenvalue weighted by Gasteiger charge is -2.16. The van der Waals surface area contributed by atoms with Gasteiger partial charge in [-0.05, 0) is 24.1 Å². The van der Waals surface area contributed by atoms with Gasteiger partial charge >= 0.3 is 0 Å². The number of carbonyl (C=O) groups excluding carboxylic acids is 2. The average Bonchev–Trinajstić information content (AvgIpc) is 3.44. The first-order chi connectivity index (χ1) is 17.7. The van der Waals surface area contributed by atoms with Gasteiger partial charge in [-0.25, -0.2) is 19.3 Å². The number of imidazole rings is 1. The van der Waals surface area contributed by atoms with Crippen molar-refractivity contribution < 1.29 is 33.7 Å². The number of ether oxygens (including phenoxy) is 2. The number of halogens is 1. The Morgan fingerprint density at radius 1 is 1.32 bits per heavy atom. The normalized spacial score (nSPS) is 20.8. The molecule has 3 heterocycles. The highest BCUT2D eigenvalue weighted by Gasteiger charge is 2.47. The molecule has 0 radical (unpaired) electrons. The van der Waals surface area contributed by atoms with Crippen LogP contribution in [-0.4, -0.2) is 92.5 Å². The maximum atomic E-state index is 13.9. The highest BCUT2D eigenvalue weighted by Crippen LogP contribution is 2.32. The minimum Gasteiger partial charge on any atom is -0.494 e. The summed E-state index contributed by atoms with van der Waals surface area (Å²) in [5, 5.41) is 23.1. The smallest absolute Gasteiger partial charge is 0.254 e. The zero-order chi connectivity index (χ0) is 26.9. The van der Waals surface area contributed by atoms with E-state index in [0.29, 0.717) is 0 Å². The lowest BCUT2D eigenvalue weighted by Crippen LogP contribution is -2.41. The molecule has 13 nitrogen and oxygen atoms in total. The third-order valence-electron chi connectivity index (χ3n) is 5.73. The van der Waals surface area contributed by atoms with Crippen LogP contribution in [0.4, 0.5) is 10.2 Å². The number of aromatic nitrogens is 4. The largest absolute Gasteiger partial charge is 0.494 e. The third kappa shape index (κ3) is 4.87. The molecule has 1 aromatic carbocycles. The molecule has 0 bridgehead atoms. The molecule has 3 aromatic rings. The molecule has 1 aliphatic rings. The number of nitrogen functional groups attached to an aromatic ring is 1. The number of likely N-dealkylation sites (N-methyl/N-ethyl adjacent to an activating group) is 1. The molecule has 1 unspecified atom stereocenters. The molecule has 2 aromatic heterocycles. The molecule has 4 rings (SSSR count). The molecular formula is C23H24FN7O6. The first kappa shape index (κ1) is 25.8. The van der Waals surface area contributed by atoms with Crippen molar-refractivity contribution in [3.63, 3.8) is 0 Å². The minimum absolute atomic E-state index is 0.000947. The number of aliphatic hydroxyl groups is 2. The Morgan fingerprint density at radius 3 is 2.76 bits per heavy atom. The van der Waals surface area contributed by atoms with Gasteiger partial charge in [0.2, 0.25) is 5.82 Å². The van der Waals surface area contributed by atoms with Gasteiger partial charge < -0.3 is 35.6 Å². The summed E-state index contributed by atoms with van der Waals surface area (Å²) in [6.07, 6.45) is -4.11. The Balaban J connectivity index is 1.54. The molecule has 1 saturated heterocycles. The van der Waals surface area contributed by atoms with E-state index in [2.05, 4.69) is 32.1 Å². The van der Waals surface area contributed by atoms with Gasteiger partial charge in [0, 0.05) is 19.7 Å². The van der Waals surface area contributed by atoms with E-state index < -0.39 is 42.2 Å². The summed E-state index contributed by atoms with van der Waals surface area (Å²) in [7, 11) is 4.21. The maximum Gasteiger partial charge on any atom is 0.254 e. The van der Waals surface area contributed by atoms with Gasteiger partial charge in [-0.15, -0.1) is 0 Å². The number of nitrogens with one attached hydrogen (secondary N) is 1. The fourth-order valence-corrected chi connectivity index (χ4v) is 3.76. The van der Waals surface area contributed by atoms with Gasteiger partial charge in [0.15, 0.2) is 35.4 Å². The van der Waals surface area contributed by atoms with E-state index in [0.717, 1.165) is 6.07 Å². The molecular weight excluding hydrogens is 489 g/mol. The highest BCUT2D eigenvalue weighted by atomic mass is 19.1. The first-order valence-electron chi connectivity index (χ1n) is 11.0. The van der Waals surface area contributed by atoms with E-state index in [9.17, 15) is 24.2 Å². The Morgan fingerprint density at radius 2 is 2.08 bits per heavy atom. The second-order valence-corrected chi connectivity index (χ2v) is 8.11. The Bertz CT molecular complexity index is 1420. The van der Waals surface area contributed by atoms with Gasteiger partial charge in [-0.2, -0.15) is 0 Å². The second-order valence-electron chi connectivity index (χ2n) is 8.11. The van der Waals surface area contributed by atoms with Crippen LogP contribution in [0.15, 0.2) is 24.5 Å². The van der Waals surface area contributed by atoms with Gasteiger partial charge in [-0.1, -0.05) is 5.92 Å². The number of rotatable bonds is 5. The van der Waals surface area contributed by atoms with E-state index in [1.165, 1.54) is 49.1 Å². The number of fused-ring (bicyclic) bond motifs is 1. The number of aliphatic hydroxyl groups excluding tert-OH is 2. The van der Waals surface area contributed by atoms with Crippen LogP contribution in [0, 0.1) is 17.7 Å². The van der Waals surface area contributed by atoms with Crippen LogP contribution in [0.2, 0.25) is 0 Å². The van der Waals surface area contributed by atoms with Crippen molar-refractivity contribution in [2.24, 2.45) is 0 Å². The predicted octanol–water partition coefficient (Wildman–Crippen LogP) is -0.955. The van der Waals surface area contributed by atoms with Crippen molar-refractivity contribution in [2.45, 2.75) is 24.5 Å². The lowest BCUT2D eigenvalue weighted by molar-refractivity contribution is -0.137. The van der Waals surface area contributed by atoms with Crippen molar-refractivity contribution >= 4 is 28.8 Å². The number of benzene rings is 1. The SMILES string of the molecule is CNC(=O)[C@H]1O[C@@H](n2cnc3c(N)nc(C#CCN(C)C(=O)c4ccc(OC)c(F)c4)nc32)[C@H](O)C1O. The van der Waals surface area contributed by atoms with Crippen molar-refractivity contribution in [1.82, 2.24) is 29.7 Å². The molecule has 0 aliphatic carbocycles. The van der Waals surface area contributed by atoms with Crippen LogP contribution >= 0.6 is 0 Å². The number of hydrogen-bond acceptors (Lipinski definition) is 10. The zero-order valence-electron chi connectivity index (χ0n) is 20.0. The molecule has 4 atom stereocenters. The maximum absolute atomic E-state index is 13.9. The van der Waals surface area contributed by atoms with Crippen molar-refractivity contribution in [1.29, 1.82) is 0 Å². The van der Waals surface area contributed by atoms with Crippen molar-refractivity contribution in [2.75, 3.05) is 33.5 Å². The topological polar surface area (TPSA) is 178 Å². The second kappa shape index (κ2) is 10.3. The Hall–Kier alpha value is -4.32. The van der Waals surface area contributed by atoms with E-state index in [1.807, 2.05) is 0 Å². The summed E-state index contributed by atoms with van der Waals surface area (Å²) in [5.74, 6) is 3.78.